The number of aromatic nitrogens is 2. The van der Waals surface area contributed by atoms with Crippen LogP contribution in [0.5, 0.6) is 0 Å². The molecular weight excluding hydrogens is 272 g/mol. The fourth-order valence-electron chi connectivity index (χ4n) is 1.32. The van der Waals surface area contributed by atoms with Crippen LogP contribution in [-0.4, -0.2) is 21.0 Å². The average Bonchev–Trinajstić information content (AvgIpc) is 2.30. The van der Waals surface area contributed by atoms with Crippen molar-refractivity contribution in [3.8, 4) is 11.3 Å². The summed E-state index contributed by atoms with van der Waals surface area (Å²) < 4.78 is 0.933. The first kappa shape index (κ1) is 10.8. The standard InChI is InChI=1S/C11H7BrN2O2/c12-8-3-1-7(2-4-8)10-9(11(15)16)5-13-6-14-10/h1-6H,(H,15,16). The van der Waals surface area contributed by atoms with Gasteiger partial charge in [0.15, 0.2) is 0 Å². The molecule has 0 saturated heterocycles. The van der Waals surface area contributed by atoms with Gasteiger partial charge in [0, 0.05) is 16.2 Å². The Morgan fingerprint density at radius 2 is 1.94 bits per heavy atom. The third-order valence-corrected chi connectivity index (χ3v) is 2.59. The summed E-state index contributed by atoms with van der Waals surface area (Å²) in [7, 11) is 0. The van der Waals surface area contributed by atoms with Crippen LogP contribution in [-0.2, 0) is 0 Å². The van der Waals surface area contributed by atoms with Gasteiger partial charge in [-0.15, -0.1) is 0 Å². The molecule has 0 bridgehead atoms. The molecule has 2 aromatic rings. The average molecular weight is 279 g/mol. The van der Waals surface area contributed by atoms with E-state index in [-0.39, 0.29) is 5.56 Å². The van der Waals surface area contributed by atoms with Gasteiger partial charge in [-0.3, -0.25) is 0 Å². The first-order valence-corrected chi connectivity index (χ1v) is 5.27. The number of aromatic carboxylic acids is 1. The quantitative estimate of drug-likeness (QED) is 0.917. The van der Waals surface area contributed by atoms with Crippen LogP contribution >= 0.6 is 15.9 Å². The number of hydrogen-bond donors (Lipinski definition) is 1. The van der Waals surface area contributed by atoms with Crippen molar-refractivity contribution in [1.82, 2.24) is 9.97 Å². The Morgan fingerprint density at radius 3 is 2.56 bits per heavy atom. The Bertz CT molecular complexity index is 526. The van der Waals surface area contributed by atoms with Gasteiger partial charge in [-0.25, -0.2) is 14.8 Å². The van der Waals surface area contributed by atoms with E-state index in [0.717, 1.165) is 10.0 Å². The zero-order chi connectivity index (χ0) is 11.5. The molecular formula is C11H7BrN2O2. The van der Waals surface area contributed by atoms with Crippen LogP contribution in [0.2, 0.25) is 0 Å². The van der Waals surface area contributed by atoms with E-state index < -0.39 is 5.97 Å². The van der Waals surface area contributed by atoms with Crippen molar-refractivity contribution in [3.05, 3.63) is 46.8 Å². The lowest BCUT2D eigenvalue weighted by molar-refractivity contribution is 0.0697. The zero-order valence-electron chi connectivity index (χ0n) is 8.09. The molecule has 1 aromatic carbocycles. The minimum Gasteiger partial charge on any atom is -0.478 e. The highest BCUT2D eigenvalue weighted by Gasteiger charge is 2.12. The van der Waals surface area contributed by atoms with Gasteiger partial charge in [0.05, 0.1) is 5.69 Å². The Morgan fingerprint density at radius 1 is 1.25 bits per heavy atom. The number of nitrogens with zero attached hydrogens (tertiary/aromatic N) is 2. The third kappa shape index (κ3) is 2.09. The summed E-state index contributed by atoms with van der Waals surface area (Å²) >= 11 is 3.32. The van der Waals surface area contributed by atoms with Gasteiger partial charge in [0.1, 0.15) is 11.9 Å². The van der Waals surface area contributed by atoms with E-state index >= 15 is 0 Å². The maximum atomic E-state index is 11.0. The summed E-state index contributed by atoms with van der Waals surface area (Å²) in [4.78, 5) is 18.7. The number of hydrogen-bond acceptors (Lipinski definition) is 3. The Balaban J connectivity index is 2.55. The molecule has 0 aliphatic carbocycles. The molecule has 0 aliphatic rings. The minimum atomic E-state index is -1.03. The third-order valence-electron chi connectivity index (χ3n) is 2.06. The molecule has 0 aliphatic heterocycles. The van der Waals surface area contributed by atoms with E-state index in [2.05, 4.69) is 25.9 Å². The molecule has 0 saturated carbocycles. The Kier molecular flexibility index (Phi) is 2.96. The largest absolute Gasteiger partial charge is 0.478 e. The van der Waals surface area contributed by atoms with Crippen LogP contribution in [0.25, 0.3) is 11.3 Å². The molecule has 0 radical (unpaired) electrons. The first-order chi connectivity index (χ1) is 7.68. The van der Waals surface area contributed by atoms with E-state index in [1.807, 2.05) is 12.1 Å². The molecule has 4 nitrogen and oxygen atoms in total. The van der Waals surface area contributed by atoms with Crippen molar-refractivity contribution in [1.29, 1.82) is 0 Å². The number of carbonyl (C=O) groups is 1. The molecule has 16 heavy (non-hydrogen) atoms. The molecule has 5 heteroatoms. The molecule has 1 aromatic heterocycles. The Hall–Kier alpha value is -1.75. The van der Waals surface area contributed by atoms with E-state index in [0.29, 0.717) is 5.69 Å². The molecule has 0 spiro atoms. The second-order valence-corrected chi connectivity index (χ2v) is 4.01. The number of halogens is 1. The zero-order valence-corrected chi connectivity index (χ0v) is 9.68. The van der Waals surface area contributed by atoms with Gasteiger partial charge in [0.2, 0.25) is 0 Å². The smallest absolute Gasteiger partial charge is 0.339 e. The van der Waals surface area contributed by atoms with Crippen LogP contribution in [0.3, 0.4) is 0 Å². The Labute approximate surface area is 100 Å². The van der Waals surface area contributed by atoms with Crippen LogP contribution in [0.4, 0.5) is 0 Å². The number of benzene rings is 1. The van der Waals surface area contributed by atoms with Crippen LogP contribution < -0.4 is 0 Å². The van der Waals surface area contributed by atoms with Crippen molar-refractivity contribution in [2.75, 3.05) is 0 Å². The van der Waals surface area contributed by atoms with Crippen LogP contribution in [0.15, 0.2) is 41.3 Å². The summed E-state index contributed by atoms with van der Waals surface area (Å²) in [6.07, 6.45) is 2.64. The normalized spacial score (nSPS) is 10.1. The van der Waals surface area contributed by atoms with Gasteiger partial charge in [-0.1, -0.05) is 28.1 Å². The van der Waals surface area contributed by atoms with Crippen molar-refractivity contribution < 1.29 is 9.90 Å². The molecule has 1 heterocycles. The van der Waals surface area contributed by atoms with Gasteiger partial charge in [0.25, 0.3) is 0 Å². The monoisotopic (exact) mass is 278 g/mol. The highest BCUT2D eigenvalue weighted by atomic mass is 79.9. The summed E-state index contributed by atoms with van der Waals surface area (Å²) in [6.45, 7) is 0. The lowest BCUT2D eigenvalue weighted by Gasteiger charge is -2.03. The second-order valence-electron chi connectivity index (χ2n) is 3.10. The van der Waals surface area contributed by atoms with Gasteiger partial charge in [-0.2, -0.15) is 0 Å². The molecule has 2 rings (SSSR count). The van der Waals surface area contributed by atoms with Gasteiger partial charge >= 0.3 is 5.97 Å². The van der Waals surface area contributed by atoms with Gasteiger partial charge < -0.3 is 5.11 Å². The van der Waals surface area contributed by atoms with Crippen molar-refractivity contribution in [2.24, 2.45) is 0 Å². The molecule has 0 amide bonds. The molecule has 80 valence electrons. The van der Waals surface area contributed by atoms with E-state index in [1.165, 1.54) is 12.5 Å². The van der Waals surface area contributed by atoms with E-state index in [9.17, 15) is 4.79 Å². The molecule has 0 atom stereocenters. The molecule has 1 N–H and O–H groups in total. The maximum absolute atomic E-state index is 11.0. The summed E-state index contributed by atoms with van der Waals surface area (Å²) in [5, 5.41) is 8.99. The van der Waals surface area contributed by atoms with Crippen molar-refractivity contribution >= 4 is 21.9 Å². The highest BCUT2D eigenvalue weighted by Crippen LogP contribution is 2.22. The first-order valence-electron chi connectivity index (χ1n) is 4.47. The minimum absolute atomic E-state index is 0.102. The number of carboxylic acid groups (broad SMARTS) is 1. The van der Waals surface area contributed by atoms with E-state index in [4.69, 9.17) is 5.11 Å². The molecule has 0 unspecified atom stereocenters. The van der Waals surface area contributed by atoms with Crippen molar-refractivity contribution in [3.63, 3.8) is 0 Å². The van der Waals surface area contributed by atoms with Crippen molar-refractivity contribution in [2.45, 2.75) is 0 Å². The lowest BCUT2D eigenvalue weighted by atomic mass is 10.1. The van der Waals surface area contributed by atoms with E-state index in [1.54, 1.807) is 12.1 Å². The SMILES string of the molecule is O=C(O)c1cncnc1-c1ccc(Br)cc1. The highest BCUT2D eigenvalue weighted by molar-refractivity contribution is 9.10. The maximum Gasteiger partial charge on any atom is 0.339 e. The topological polar surface area (TPSA) is 63.1 Å². The lowest BCUT2D eigenvalue weighted by Crippen LogP contribution is -2.02. The fraction of sp³-hybridized carbons (Fsp3) is 0. The summed E-state index contributed by atoms with van der Waals surface area (Å²) in [6, 6.07) is 7.28. The summed E-state index contributed by atoms with van der Waals surface area (Å²) in [5.41, 5.74) is 1.28. The van der Waals surface area contributed by atoms with Crippen LogP contribution in [0, 0.1) is 0 Å². The number of carboxylic acids is 1. The predicted octanol–water partition coefficient (Wildman–Crippen LogP) is 2.60. The second kappa shape index (κ2) is 4.40. The van der Waals surface area contributed by atoms with Gasteiger partial charge in [-0.05, 0) is 12.1 Å². The number of rotatable bonds is 2. The fourth-order valence-corrected chi connectivity index (χ4v) is 1.59. The molecule has 0 fully saturated rings. The predicted molar refractivity (Wildman–Crippen MR) is 62.1 cm³/mol. The van der Waals surface area contributed by atoms with Crippen LogP contribution in [0.1, 0.15) is 10.4 Å². The summed E-state index contributed by atoms with van der Waals surface area (Å²) in [5.74, 6) is -1.03.